The monoisotopic (exact) mass is 388 g/mol. The Morgan fingerprint density at radius 1 is 0.923 bits per heavy atom. The average Bonchev–Trinajstić information content (AvgIpc) is 2.60. The highest BCUT2D eigenvalue weighted by Gasteiger charge is 2.18. The van der Waals surface area contributed by atoms with E-state index in [2.05, 4.69) is 10.0 Å². The number of rotatable bonds is 5. The summed E-state index contributed by atoms with van der Waals surface area (Å²) in [5.74, 6) is -0.216. The van der Waals surface area contributed by atoms with Crippen molar-refractivity contribution in [1.82, 2.24) is 0 Å². The normalized spacial score (nSPS) is 11.2. The molecule has 7 heteroatoms. The Bertz CT molecular complexity index is 1020. The lowest BCUT2D eigenvalue weighted by Crippen LogP contribution is -2.14. The number of halogens is 1. The van der Waals surface area contributed by atoms with Crippen molar-refractivity contribution < 1.29 is 13.5 Å². The molecule has 0 aliphatic rings. The van der Waals surface area contributed by atoms with Crippen molar-refractivity contribution in [2.24, 2.45) is 0 Å². The van der Waals surface area contributed by atoms with Gasteiger partial charge in [0.25, 0.3) is 10.0 Å². The van der Waals surface area contributed by atoms with Gasteiger partial charge in [-0.05, 0) is 37.3 Å². The van der Waals surface area contributed by atoms with E-state index in [1.54, 1.807) is 12.1 Å². The number of para-hydroxylation sites is 1. The fourth-order valence-corrected chi connectivity index (χ4v) is 3.58. The largest absolute Gasteiger partial charge is 0.506 e. The zero-order chi connectivity index (χ0) is 18.7. The number of benzene rings is 3. The van der Waals surface area contributed by atoms with Crippen molar-refractivity contribution in [3.05, 3.63) is 77.3 Å². The highest BCUT2D eigenvalue weighted by Crippen LogP contribution is 2.36. The Kier molecular flexibility index (Phi) is 5.06. The van der Waals surface area contributed by atoms with E-state index in [4.69, 9.17) is 11.6 Å². The van der Waals surface area contributed by atoms with Gasteiger partial charge in [-0.2, -0.15) is 0 Å². The molecule has 0 aliphatic heterocycles. The first-order valence-corrected chi connectivity index (χ1v) is 9.65. The number of hydrogen-bond acceptors (Lipinski definition) is 4. The van der Waals surface area contributed by atoms with Crippen LogP contribution in [0.3, 0.4) is 0 Å². The maximum atomic E-state index is 12.7. The molecule has 3 aromatic rings. The van der Waals surface area contributed by atoms with Crippen LogP contribution in [0.5, 0.6) is 5.75 Å². The molecule has 134 valence electrons. The summed E-state index contributed by atoms with van der Waals surface area (Å²) in [6, 6.07) is 18.5. The van der Waals surface area contributed by atoms with E-state index < -0.39 is 10.0 Å². The van der Waals surface area contributed by atoms with Crippen molar-refractivity contribution >= 4 is 38.7 Å². The highest BCUT2D eigenvalue weighted by atomic mass is 35.5. The number of anilines is 3. The van der Waals surface area contributed by atoms with Crippen LogP contribution in [-0.2, 0) is 10.0 Å². The Morgan fingerprint density at radius 2 is 1.58 bits per heavy atom. The van der Waals surface area contributed by atoms with Gasteiger partial charge in [0.15, 0.2) is 0 Å². The average molecular weight is 389 g/mol. The lowest BCUT2D eigenvalue weighted by molar-refractivity contribution is 0.476. The van der Waals surface area contributed by atoms with Gasteiger partial charge in [-0.15, -0.1) is 0 Å². The molecule has 0 fully saturated rings. The van der Waals surface area contributed by atoms with E-state index in [1.807, 2.05) is 37.3 Å². The molecule has 5 nitrogen and oxygen atoms in total. The quantitative estimate of drug-likeness (QED) is 0.543. The molecule has 3 N–H and O–H groups in total. The number of sulfonamides is 1. The number of aromatic hydroxyl groups is 1. The number of aryl methyl sites for hydroxylation is 1. The lowest BCUT2D eigenvalue weighted by Gasteiger charge is -2.16. The molecular weight excluding hydrogens is 372 g/mol. The van der Waals surface area contributed by atoms with Crippen LogP contribution in [0.2, 0.25) is 5.02 Å². The van der Waals surface area contributed by atoms with Gasteiger partial charge in [-0.3, -0.25) is 4.72 Å². The summed E-state index contributed by atoms with van der Waals surface area (Å²) in [5.41, 5.74) is 2.33. The maximum Gasteiger partial charge on any atom is 0.261 e. The van der Waals surface area contributed by atoms with E-state index in [0.717, 1.165) is 11.3 Å². The summed E-state index contributed by atoms with van der Waals surface area (Å²) in [4.78, 5) is 0.128. The second-order valence-electron chi connectivity index (χ2n) is 5.76. The molecule has 0 amide bonds. The van der Waals surface area contributed by atoms with Gasteiger partial charge in [0.05, 0.1) is 21.3 Å². The summed E-state index contributed by atoms with van der Waals surface area (Å²) in [7, 11) is -3.82. The molecule has 0 bridgehead atoms. The molecule has 0 atom stereocenters. The van der Waals surface area contributed by atoms with E-state index >= 15 is 0 Å². The Morgan fingerprint density at radius 3 is 2.23 bits per heavy atom. The molecule has 0 aromatic heterocycles. The van der Waals surface area contributed by atoms with E-state index in [9.17, 15) is 13.5 Å². The van der Waals surface area contributed by atoms with Gasteiger partial charge < -0.3 is 10.4 Å². The first-order chi connectivity index (χ1) is 12.3. The van der Waals surface area contributed by atoms with Crippen molar-refractivity contribution in [1.29, 1.82) is 0 Å². The molecule has 0 saturated carbocycles. The lowest BCUT2D eigenvalue weighted by atomic mass is 10.2. The maximum absolute atomic E-state index is 12.7. The summed E-state index contributed by atoms with van der Waals surface area (Å²) >= 11 is 5.99. The number of phenols is 1. The minimum atomic E-state index is -3.82. The zero-order valence-corrected chi connectivity index (χ0v) is 15.5. The Labute approximate surface area is 157 Å². The van der Waals surface area contributed by atoms with Crippen LogP contribution in [0.15, 0.2) is 71.6 Å². The van der Waals surface area contributed by atoms with Gasteiger partial charge >= 0.3 is 0 Å². The number of phenolic OH excluding ortho intramolecular Hbond substituents is 1. The first-order valence-electron chi connectivity index (χ1n) is 7.79. The smallest absolute Gasteiger partial charge is 0.261 e. The van der Waals surface area contributed by atoms with Gasteiger partial charge in [0, 0.05) is 11.8 Å². The van der Waals surface area contributed by atoms with Crippen LogP contribution in [-0.4, -0.2) is 13.5 Å². The predicted octanol–water partition coefficient (Wildman–Crippen LogP) is 4.90. The third-order valence-electron chi connectivity index (χ3n) is 3.72. The predicted molar refractivity (Wildman–Crippen MR) is 105 cm³/mol. The van der Waals surface area contributed by atoms with Crippen molar-refractivity contribution in [2.45, 2.75) is 11.8 Å². The van der Waals surface area contributed by atoms with Crippen LogP contribution < -0.4 is 10.0 Å². The fourth-order valence-electron chi connectivity index (χ4n) is 2.35. The second-order valence-corrected chi connectivity index (χ2v) is 7.85. The fraction of sp³-hybridized carbons (Fsp3) is 0.0526. The topological polar surface area (TPSA) is 78.4 Å². The molecule has 3 rings (SSSR count). The Hall–Kier alpha value is -2.70. The third-order valence-corrected chi connectivity index (χ3v) is 5.40. The summed E-state index contributed by atoms with van der Waals surface area (Å²) < 4.78 is 27.8. The molecule has 0 heterocycles. The number of hydrogen-bond donors (Lipinski definition) is 3. The molecule has 0 radical (unpaired) electrons. The van der Waals surface area contributed by atoms with E-state index in [1.165, 1.54) is 24.3 Å². The van der Waals surface area contributed by atoms with Gasteiger partial charge in [-0.1, -0.05) is 47.5 Å². The third kappa shape index (κ3) is 4.09. The van der Waals surface area contributed by atoms with Crippen molar-refractivity contribution in [3.8, 4) is 5.75 Å². The van der Waals surface area contributed by atoms with Gasteiger partial charge in [-0.25, -0.2) is 8.42 Å². The van der Waals surface area contributed by atoms with Crippen LogP contribution in [0.4, 0.5) is 17.1 Å². The van der Waals surface area contributed by atoms with E-state index in [-0.39, 0.29) is 21.4 Å². The van der Waals surface area contributed by atoms with Gasteiger partial charge in [0.2, 0.25) is 0 Å². The molecule has 0 saturated heterocycles. The summed E-state index contributed by atoms with van der Waals surface area (Å²) in [6.07, 6.45) is 0. The van der Waals surface area contributed by atoms with Crippen LogP contribution in [0.25, 0.3) is 0 Å². The molecule has 3 aromatic carbocycles. The van der Waals surface area contributed by atoms with Crippen molar-refractivity contribution in [2.75, 3.05) is 10.0 Å². The summed E-state index contributed by atoms with van der Waals surface area (Å²) in [5, 5.41) is 13.1. The molecular formula is C19H17ClN2O3S. The summed E-state index contributed by atoms with van der Waals surface area (Å²) in [6.45, 7) is 1.88. The SMILES string of the molecule is Cc1ccc(S(=O)(=O)Nc2cc(O)c(Cl)cc2Nc2ccccc2)cc1. The minimum Gasteiger partial charge on any atom is -0.506 e. The highest BCUT2D eigenvalue weighted by molar-refractivity contribution is 7.92. The molecule has 0 unspecified atom stereocenters. The molecule has 0 aliphatic carbocycles. The minimum absolute atomic E-state index is 0.113. The van der Waals surface area contributed by atoms with Crippen LogP contribution >= 0.6 is 11.6 Å². The van der Waals surface area contributed by atoms with Crippen molar-refractivity contribution in [3.63, 3.8) is 0 Å². The molecule has 26 heavy (non-hydrogen) atoms. The second kappa shape index (κ2) is 7.27. The Balaban J connectivity index is 1.98. The zero-order valence-electron chi connectivity index (χ0n) is 13.9. The van der Waals surface area contributed by atoms with Gasteiger partial charge in [0.1, 0.15) is 5.75 Å². The van der Waals surface area contributed by atoms with Crippen LogP contribution in [0.1, 0.15) is 5.56 Å². The van der Waals surface area contributed by atoms with E-state index in [0.29, 0.717) is 5.69 Å². The number of nitrogens with one attached hydrogen (secondary N) is 2. The first kappa shape index (κ1) is 18.1. The molecule has 0 spiro atoms. The van der Waals surface area contributed by atoms with Crippen LogP contribution in [0, 0.1) is 6.92 Å². The standard InChI is InChI=1S/C19H17ClN2O3S/c1-13-7-9-15(10-8-13)26(24,25)22-18-12-19(23)16(20)11-17(18)21-14-5-3-2-4-6-14/h2-12,21-23H,1H3.